The number of hydrogen-bond donors (Lipinski definition) is 0. The molecule has 1 fully saturated rings. The lowest BCUT2D eigenvalue weighted by Crippen LogP contribution is -2.11. The van der Waals surface area contributed by atoms with Crippen molar-refractivity contribution in [1.29, 1.82) is 0 Å². The molecule has 0 amide bonds. The average Bonchev–Trinajstić information content (AvgIpc) is 3.20. The number of allylic oxidation sites excluding steroid dienone is 7. The van der Waals surface area contributed by atoms with Crippen LogP contribution in [0.4, 0.5) is 0 Å². The van der Waals surface area contributed by atoms with Crippen LogP contribution in [0.25, 0.3) is 0 Å². The normalized spacial score (nSPS) is 18.1. The van der Waals surface area contributed by atoms with Crippen LogP contribution < -0.4 is 0 Å². The third-order valence-corrected chi connectivity index (χ3v) is 5.04. The van der Waals surface area contributed by atoms with Gasteiger partial charge < -0.3 is 9.53 Å². The van der Waals surface area contributed by atoms with Crippen molar-refractivity contribution in [1.82, 2.24) is 0 Å². The molecule has 30 heavy (non-hydrogen) atoms. The quantitative estimate of drug-likeness (QED) is 0.180. The van der Waals surface area contributed by atoms with Gasteiger partial charge in [0.25, 0.3) is 0 Å². The summed E-state index contributed by atoms with van der Waals surface area (Å²) in [6.45, 7) is 16.3. The predicted octanol–water partition coefficient (Wildman–Crippen LogP) is 8.93. The van der Waals surface area contributed by atoms with Crippen molar-refractivity contribution in [3.8, 4) is 0 Å². The van der Waals surface area contributed by atoms with E-state index in [9.17, 15) is 4.79 Å². The number of ether oxygens (including phenoxy) is 1. The number of carbonyl (C=O) groups excluding carboxylic acids is 1. The molecule has 0 aromatic heterocycles. The summed E-state index contributed by atoms with van der Waals surface area (Å²) in [5.41, 5.74) is 2.90. The minimum atomic E-state index is -0.101. The van der Waals surface area contributed by atoms with E-state index in [2.05, 4.69) is 59.4 Å². The fourth-order valence-corrected chi connectivity index (χ4v) is 2.99. The lowest BCUT2D eigenvalue weighted by Gasteiger charge is -2.09. The third-order valence-electron chi connectivity index (χ3n) is 5.04. The Hall–Kier alpha value is -1.41. The van der Waals surface area contributed by atoms with E-state index in [1.807, 2.05) is 19.1 Å². The van der Waals surface area contributed by atoms with Gasteiger partial charge in [-0.05, 0) is 73.1 Å². The van der Waals surface area contributed by atoms with Crippen molar-refractivity contribution in [3.05, 3.63) is 48.1 Å². The number of aldehydes is 1. The molecule has 174 valence electrons. The predicted molar refractivity (Wildman–Crippen MR) is 135 cm³/mol. The maximum absolute atomic E-state index is 10.4. The highest BCUT2D eigenvalue weighted by Crippen LogP contribution is 2.22. The highest BCUT2D eigenvalue weighted by molar-refractivity contribution is 5.56. The summed E-state index contributed by atoms with van der Waals surface area (Å²) < 4.78 is 5.55. The Labute approximate surface area is 188 Å². The first-order valence-electron chi connectivity index (χ1n) is 12.0. The van der Waals surface area contributed by atoms with E-state index in [0.29, 0.717) is 6.10 Å². The van der Waals surface area contributed by atoms with Crippen molar-refractivity contribution >= 4 is 6.29 Å². The van der Waals surface area contributed by atoms with E-state index in [-0.39, 0.29) is 6.10 Å². The highest BCUT2D eigenvalue weighted by Gasteiger charge is 2.23. The summed E-state index contributed by atoms with van der Waals surface area (Å²) in [6.07, 6.45) is 24.8. The van der Waals surface area contributed by atoms with E-state index >= 15 is 0 Å². The Morgan fingerprint density at radius 1 is 1.07 bits per heavy atom. The van der Waals surface area contributed by atoms with Crippen molar-refractivity contribution < 1.29 is 9.53 Å². The van der Waals surface area contributed by atoms with Crippen LogP contribution in [-0.4, -0.2) is 18.5 Å². The fraction of sp³-hybridized carbons (Fsp3) is 0.679. The second-order valence-electron chi connectivity index (χ2n) is 8.26. The van der Waals surface area contributed by atoms with Crippen molar-refractivity contribution in [2.24, 2.45) is 0 Å². The molecule has 0 N–H and O–H groups in total. The first-order valence-corrected chi connectivity index (χ1v) is 12.0. The zero-order valence-electron chi connectivity index (χ0n) is 20.9. The van der Waals surface area contributed by atoms with Crippen LogP contribution in [-0.2, 0) is 9.53 Å². The molecule has 1 heterocycles. The molecule has 1 aliphatic rings. The third kappa shape index (κ3) is 22.9. The Bertz CT molecular complexity index is 481. The van der Waals surface area contributed by atoms with E-state index in [4.69, 9.17) is 4.74 Å². The zero-order chi connectivity index (χ0) is 23.0. The van der Waals surface area contributed by atoms with Crippen LogP contribution in [0.3, 0.4) is 0 Å². The molecule has 1 rings (SSSR count). The summed E-state index contributed by atoms with van der Waals surface area (Å²) in [6, 6.07) is 0. The van der Waals surface area contributed by atoms with Gasteiger partial charge in [0, 0.05) is 0 Å². The molecule has 1 aliphatic heterocycles. The second kappa shape index (κ2) is 23.9. The van der Waals surface area contributed by atoms with Crippen LogP contribution in [0.15, 0.2) is 48.1 Å². The van der Waals surface area contributed by atoms with Crippen LogP contribution in [0.5, 0.6) is 0 Å². The van der Waals surface area contributed by atoms with Crippen LogP contribution in [0.1, 0.15) is 112 Å². The summed E-state index contributed by atoms with van der Waals surface area (Å²) >= 11 is 0. The van der Waals surface area contributed by atoms with E-state index in [0.717, 1.165) is 32.0 Å². The molecule has 2 unspecified atom stereocenters. The maximum atomic E-state index is 10.4. The van der Waals surface area contributed by atoms with Gasteiger partial charge in [0.15, 0.2) is 0 Å². The number of carbonyl (C=O) groups is 1. The Morgan fingerprint density at radius 3 is 2.23 bits per heavy atom. The van der Waals surface area contributed by atoms with Crippen LogP contribution in [0, 0.1) is 0 Å². The van der Waals surface area contributed by atoms with Gasteiger partial charge in [0.2, 0.25) is 0 Å². The molecule has 0 saturated carbocycles. The fourth-order valence-electron chi connectivity index (χ4n) is 2.99. The van der Waals surface area contributed by atoms with E-state index < -0.39 is 0 Å². The van der Waals surface area contributed by atoms with Crippen LogP contribution >= 0.6 is 0 Å². The summed E-state index contributed by atoms with van der Waals surface area (Å²) in [5.74, 6) is 0. The van der Waals surface area contributed by atoms with Gasteiger partial charge in [-0.2, -0.15) is 0 Å². The van der Waals surface area contributed by atoms with E-state index in [1.165, 1.54) is 56.1 Å². The van der Waals surface area contributed by atoms with Gasteiger partial charge in [-0.15, -0.1) is 6.58 Å². The molecule has 2 heteroatoms. The Morgan fingerprint density at radius 2 is 1.77 bits per heavy atom. The highest BCUT2D eigenvalue weighted by atomic mass is 16.5. The molecule has 1 saturated heterocycles. The standard InChI is InChI=1S/C12H22O2.C10H18.C6H10/c1-2-3-4-5-6-7-11-8-9-12(10-13)14-11;1-5-10(4)8-6-7-9(2)3;1-3-5-6-4-2/h10-12H,2-9H2,1H3;5,7H,6,8H2,1-4H3;3-4,6H,1,5H2,2H3. The summed E-state index contributed by atoms with van der Waals surface area (Å²) in [4.78, 5) is 10.4. The molecule has 0 bridgehead atoms. The molecular weight excluding hydrogens is 368 g/mol. The zero-order valence-corrected chi connectivity index (χ0v) is 20.9. The molecule has 0 aromatic carbocycles. The van der Waals surface area contributed by atoms with Gasteiger partial charge >= 0.3 is 0 Å². The van der Waals surface area contributed by atoms with Crippen molar-refractivity contribution in [2.45, 2.75) is 124 Å². The summed E-state index contributed by atoms with van der Waals surface area (Å²) in [7, 11) is 0. The smallest absolute Gasteiger partial charge is 0.148 e. The van der Waals surface area contributed by atoms with Gasteiger partial charge in [-0.3, -0.25) is 0 Å². The lowest BCUT2D eigenvalue weighted by atomic mass is 10.1. The monoisotopic (exact) mass is 418 g/mol. The first-order chi connectivity index (χ1) is 14.4. The maximum Gasteiger partial charge on any atom is 0.148 e. The minimum absolute atomic E-state index is 0.101. The lowest BCUT2D eigenvalue weighted by molar-refractivity contribution is -0.117. The number of hydrogen-bond acceptors (Lipinski definition) is 2. The second-order valence-corrected chi connectivity index (χ2v) is 8.26. The van der Waals surface area contributed by atoms with Crippen molar-refractivity contribution in [2.75, 3.05) is 0 Å². The van der Waals surface area contributed by atoms with Crippen molar-refractivity contribution in [3.63, 3.8) is 0 Å². The summed E-state index contributed by atoms with van der Waals surface area (Å²) in [5, 5.41) is 0. The molecular formula is C28H50O2. The van der Waals surface area contributed by atoms with E-state index in [1.54, 1.807) is 0 Å². The van der Waals surface area contributed by atoms with Gasteiger partial charge in [0.05, 0.1) is 6.10 Å². The topological polar surface area (TPSA) is 26.3 Å². The first kappa shape index (κ1) is 30.8. The minimum Gasteiger partial charge on any atom is -0.368 e. The average molecular weight is 419 g/mol. The van der Waals surface area contributed by atoms with Crippen LogP contribution in [0.2, 0.25) is 0 Å². The molecule has 2 atom stereocenters. The Kier molecular flexibility index (Phi) is 24.5. The Balaban J connectivity index is 0. The molecule has 0 aliphatic carbocycles. The number of rotatable bonds is 12. The molecule has 0 spiro atoms. The largest absolute Gasteiger partial charge is 0.368 e. The molecule has 0 radical (unpaired) electrons. The SMILES string of the molecule is C=CCC=CC.CC=C(C)CCC=C(C)C.CCCCCCCC1CCC(C=O)O1. The molecule has 2 nitrogen and oxygen atoms in total. The molecule has 0 aromatic rings. The van der Waals surface area contributed by atoms with Gasteiger partial charge in [-0.1, -0.05) is 80.6 Å². The van der Waals surface area contributed by atoms with Gasteiger partial charge in [-0.25, -0.2) is 0 Å². The number of unbranched alkanes of at least 4 members (excludes halogenated alkanes) is 4. The van der Waals surface area contributed by atoms with Gasteiger partial charge in [0.1, 0.15) is 12.4 Å².